The van der Waals surface area contributed by atoms with E-state index in [2.05, 4.69) is 4.98 Å². The summed E-state index contributed by atoms with van der Waals surface area (Å²) in [6.07, 6.45) is 3.75. The van der Waals surface area contributed by atoms with Crippen LogP contribution in [0.4, 0.5) is 0 Å². The molecular weight excluding hydrogens is 342 g/mol. The van der Waals surface area contributed by atoms with E-state index in [4.69, 9.17) is 0 Å². The number of fused-ring (bicyclic) bond motifs is 2. The van der Waals surface area contributed by atoms with Crippen molar-refractivity contribution >= 4 is 21.7 Å². The van der Waals surface area contributed by atoms with Gasteiger partial charge in [-0.1, -0.05) is 36.4 Å². The van der Waals surface area contributed by atoms with Gasteiger partial charge in [0, 0.05) is 29.1 Å². The second-order valence-corrected chi connectivity index (χ2v) is 6.63. The number of nitrogens with one attached hydrogen (secondary N) is 1. The third kappa shape index (κ3) is 3.15. The van der Waals surface area contributed by atoms with Crippen LogP contribution in [0.3, 0.4) is 0 Å². The van der Waals surface area contributed by atoms with Crippen molar-refractivity contribution in [2.45, 2.75) is 4.90 Å². The summed E-state index contributed by atoms with van der Waals surface area (Å²) in [5.74, 6) is -1.01. The Labute approximate surface area is 143 Å². The maximum Gasteiger partial charge on any atom is 0.295 e. The molecule has 0 radical (unpaired) electrons. The van der Waals surface area contributed by atoms with E-state index in [-0.39, 0.29) is 22.3 Å². The normalized spacial score (nSPS) is 12.7. The van der Waals surface area contributed by atoms with E-state index in [1.807, 2.05) is 24.5 Å². The van der Waals surface area contributed by atoms with Gasteiger partial charge in [-0.05, 0) is 18.2 Å². The Hall–Kier alpha value is -3.03. The van der Waals surface area contributed by atoms with Crippen LogP contribution in [0.15, 0.2) is 71.9 Å². The maximum atomic E-state index is 12.4. The first-order valence-electron chi connectivity index (χ1n) is 7.28. The first kappa shape index (κ1) is 16.8. The summed E-state index contributed by atoms with van der Waals surface area (Å²) in [6, 6.07) is 13.9. The molecule has 2 aromatic carbocycles. The highest BCUT2D eigenvalue weighted by molar-refractivity contribution is 7.86. The van der Waals surface area contributed by atoms with Gasteiger partial charge in [0.15, 0.2) is 11.6 Å². The summed E-state index contributed by atoms with van der Waals surface area (Å²) in [6.45, 7) is 0. The molecular formula is C18H13NO5S. The van der Waals surface area contributed by atoms with E-state index in [0.29, 0.717) is 0 Å². The van der Waals surface area contributed by atoms with Crippen LogP contribution in [-0.4, -0.2) is 29.5 Å². The van der Waals surface area contributed by atoms with E-state index in [1.54, 1.807) is 12.1 Å². The number of ketones is 2. The number of H-pyrrole nitrogens is 1. The third-order valence-corrected chi connectivity index (χ3v) is 4.58. The second kappa shape index (κ2) is 6.46. The summed E-state index contributed by atoms with van der Waals surface area (Å²) in [7, 11) is -4.58. The predicted octanol–water partition coefficient (Wildman–Crippen LogP) is 2.72. The van der Waals surface area contributed by atoms with Crippen molar-refractivity contribution in [1.29, 1.82) is 0 Å². The zero-order valence-corrected chi connectivity index (χ0v) is 13.7. The lowest BCUT2D eigenvalue weighted by Gasteiger charge is -2.18. The molecule has 0 fully saturated rings. The van der Waals surface area contributed by atoms with Gasteiger partial charge in [0.25, 0.3) is 10.1 Å². The number of aromatic amines is 1. The van der Waals surface area contributed by atoms with Gasteiger partial charge in [-0.25, -0.2) is 0 Å². The Morgan fingerprint density at radius 2 is 1.28 bits per heavy atom. The highest BCUT2D eigenvalue weighted by atomic mass is 32.2. The van der Waals surface area contributed by atoms with Crippen LogP contribution in [-0.2, 0) is 10.1 Å². The largest absolute Gasteiger partial charge is 0.368 e. The average Bonchev–Trinajstić information content (AvgIpc) is 3.18. The molecule has 1 aromatic heterocycles. The van der Waals surface area contributed by atoms with Gasteiger partial charge in [0.1, 0.15) is 4.90 Å². The molecule has 0 saturated heterocycles. The summed E-state index contributed by atoms with van der Waals surface area (Å²) in [5.41, 5.74) is 0.0983. The van der Waals surface area contributed by atoms with Crippen molar-refractivity contribution in [2.24, 2.45) is 0 Å². The quantitative estimate of drug-likeness (QED) is 0.511. The van der Waals surface area contributed by atoms with E-state index in [1.165, 1.54) is 24.3 Å². The molecule has 0 aliphatic heterocycles. The van der Waals surface area contributed by atoms with E-state index in [0.717, 1.165) is 6.07 Å². The van der Waals surface area contributed by atoms with Gasteiger partial charge < -0.3 is 4.98 Å². The fourth-order valence-electron chi connectivity index (χ4n) is 2.61. The first-order chi connectivity index (χ1) is 11.9. The van der Waals surface area contributed by atoms with Crippen molar-refractivity contribution in [3.8, 4) is 0 Å². The molecule has 0 bridgehead atoms. The Morgan fingerprint density at radius 3 is 1.80 bits per heavy atom. The van der Waals surface area contributed by atoms with Gasteiger partial charge in [-0.3, -0.25) is 14.1 Å². The topological polar surface area (TPSA) is 104 Å². The SMILES string of the molecule is O=C1c2ccccc2C(=O)c2c1cccc2S(=O)(=O)O.c1cc[nH]c1. The molecule has 0 atom stereocenters. The number of benzene rings is 2. The molecule has 126 valence electrons. The first-order valence-corrected chi connectivity index (χ1v) is 8.72. The van der Waals surface area contributed by atoms with Crippen LogP contribution >= 0.6 is 0 Å². The monoisotopic (exact) mass is 355 g/mol. The molecule has 4 rings (SSSR count). The van der Waals surface area contributed by atoms with Gasteiger partial charge in [-0.2, -0.15) is 8.42 Å². The smallest absolute Gasteiger partial charge is 0.295 e. The Morgan fingerprint density at radius 1 is 0.720 bits per heavy atom. The Bertz CT molecular complexity index is 1040. The summed E-state index contributed by atoms with van der Waals surface area (Å²) in [4.78, 5) is 27.0. The molecule has 2 N–H and O–H groups in total. The van der Waals surface area contributed by atoms with Crippen LogP contribution in [0.25, 0.3) is 0 Å². The Balaban J connectivity index is 0.000000314. The third-order valence-electron chi connectivity index (χ3n) is 3.69. The van der Waals surface area contributed by atoms with Crippen LogP contribution in [0.1, 0.15) is 31.8 Å². The lowest BCUT2D eigenvalue weighted by Crippen LogP contribution is -2.23. The molecule has 25 heavy (non-hydrogen) atoms. The fraction of sp³-hybridized carbons (Fsp3) is 0. The summed E-state index contributed by atoms with van der Waals surface area (Å²) < 4.78 is 31.9. The van der Waals surface area contributed by atoms with Crippen LogP contribution in [0.5, 0.6) is 0 Å². The highest BCUT2D eigenvalue weighted by Gasteiger charge is 2.33. The Kier molecular flexibility index (Phi) is 4.35. The van der Waals surface area contributed by atoms with Crippen LogP contribution in [0.2, 0.25) is 0 Å². The minimum absolute atomic E-state index is 0.0103. The summed E-state index contributed by atoms with van der Waals surface area (Å²) in [5, 5.41) is 0. The van der Waals surface area contributed by atoms with Crippen molar-refractivity contribution in [3.05, 3.63) is 89.2 Å². The second-order valence-electron chi connectivity index (χ2n) is 5.24. The molecule has 0 saturated carbocycles. The average molecular weight is 355 g/mol. The zero-order valence-electron chi connectivity index (χ0n) is 12.8. The molecule has 0 spiro atoms. The number of rotatable bonds is 1. The van der Waals surface area contributed by atoms with E-state index in [9.17, 15) is 22.6 Å². The standard InChI is InChI=1S/C14H8O5S.C4H5N/c15-13-8-4-1-2-5-9(8)14(16)12-10(13)6-3-7-11(12)20(17,18)19;1-2-4-5-3-1/h1-7H,(H,17,18,19);1-5H. The maximum absolute atomic E-state index is 12.4. The lowest BCUT2D eigenvalue weighted by atomic mass is 9.84. The minimum Gasteiger partial charge on any atom is -0.368 e. The number of hydrogen-bond acceptors (Lipinski definition) is 4. The van der Waals surface area contributed by atoms with Crippen molar-refractivity contribution in [1.82, 2.24) is 4.98 Å². The highest BCUT2D eigenvalue weighted by Crippen LogP contribution is 2.31. The predicted molar refractivity (Wildman–Crippen MR) is 90.4 cm³/mol. The molecule has 1 aliphatic carbocycles. The van der Waals surface area contributed by atoms with E-state index >= 15 is 0 Å². The number of aromatic nitrogens is 1. The van der Waals surface area contributed by atoms with Gasteiger partial charge >= 0.3 is 0 Å². The van der Waals surface area contributed by atoms with Crippen molar-refractivity contribution in [3.63, 3.8) is 0 Å². The molecule has 7 heteroatoms. The number of hydrogen-bond donors (Lipinski definition) is 2. The van der Waals surface area contributed by atoms with Gasteiger partial charge in [0.2, 0.25) is 0 Å². The van der Waals surface area contributed by atoms with Crippen molar-refractivity contribution < 1.29 is 22.6 Å². The van der Waals surface area contributed by atoms with Crippen molar-refractivity contribution in [2.75, 3.05) is 0 Å². The van der Waals surface area contributed by atoms with Crippen LogP contribution < -0.4 is 0 Å². The molecule has 0 unspecified atom stereocenters. The molecule has 1 aliphatic rings. The van der Waals surface area contributed by atoms with Gasteiger partial charge in [-0.15, -0.1) is 0 Å². The fourth-order valence-corrected chi connectivity index (χ4v) is 3.32. The summed E-state index contributed by atoms with van der Waals surface area (Å²) >= 11 is 0. The molecule has 0 amide bonds. The number of carbonyl (C=O) groups is 2. The molecule has 1 heterocycles. The van der Waals surface area contributed by atoms with E-state index < -0.39 is 26.6 Å². The lowest BCUT2D eigenvalue weighted by molar-refractivity contribution is 0.0976. The number of carbonyl (C=O) groups excluding carboxylic acids is 2. The minimum atomic E-state index is -4.58. The zero-order chi connectivity index (χ0) is 18.0. The van der Waals surface area contributed by atoms with Crippen LogP contribution in [0, 0.1) is 0 Å². The molecule has 6 nitrogen and oxygen atoms in total. The van der Waals surface area contributed by atoms with Gasteiger partial charge in [0.05, 0.1) is 5.56 Å². The molecule has 3 aromatic rings.